The smallest absolute Gasteiger partial charge is 0.217 e. The Kier molecular flexibility index (Phi) is 5.35. The lowest BCUT2D eigenvalue weighted by molar-refractivity contribution is -0.119. The Labute approximate surface area is 158 Å². The van der Waals surface area contributed by atoms with Crippen molar-refractivity contribution in [2.24, 2.45) is 0 Å². The normalized spacial score (nSPS) is 15.0. The van der Waals surface area contributed by atoms with E-state index < -0.39 is 0 Å². The van der Waals surface area contributed by atoms with E-state index in [2.05, 4.69) is 5.32 Å². The van der Waals surface area contributed by atoms with Crippen molar-refractivity contribution in [3.8, 4) is 28.4 Å². The van der Waals surface area contributed by atoms with E-state index in [9.17, 15) is 9.59 Å². The molecule has 1 amide bonds. The van der Waals surface area contributed by atoms with Gasteiger partial charge in [-0.05, 0) is 47.7 Å². The Hall–Kier alpha value is -3.02. The average Bonchev–Trinajstić information content (AvgIpc) is 2.91. The van der Waals surface area contributed by atoms with Crippen molar-refractivity contribution >= 4 is 5.91 Å². The second-order valence-corrected chi connectivity index (χ2v) is 6.41. The van der Waals surface area contributed by atoms with Gasteiger partial charge in [0.05, 0.1) is 27.4 Å². The van der Waals surface area contributed by atoms with Crippen LogP contribution in [0.3, 0.4) is 0 Å². The number of carbonyl (C=O) groups is 1. The maximum absolute atomic E-state index is 12.2. The van der Waals surface area contributed by atoms with E-state index in [0.29, 0.717) is 30.1 Å². The third kappa shape index (κ3) is 3.47. The average molecular weight is 369 g/mol. The minimum Gasteiger partial charge on any atom is -0.493 e. The number of hydrogen-bond donors (Lipinski definition) is 1. The highest BCUT2D eigenvalue weighted by atomic mass is 16.5. The molecule has 1 N–H and O–H groups in total. The summed E-state index contributed by atoms with van der Waals surface area (Å²) < 4.78 is 16.7. The highest BCUT2D eigenvalue weighted by Gasteiger charge is 2.28. The molecule has 0 saturated heterocycles. The summed E-state index contributed by atoms with van der Waals surface area (Å²) in [7, 11) is 4.72. The molecule has 0 aliphatic heterocycles. The highest BCUT2D eigenvalue weighted by Crippen LogP contribution is 2.50. The number of methoxy groups -OCH3 is 3. The largest absolute Gasteiger partial charge is 0.493 e. The van der Waals surface area contributed by atoms with Crippen molar-refractivity contribution in [3.05, 3.63) is 51.7 Å². The molecule has 0 aromatic heterocycles. The summed E-state index contributed by atoms with van der Waals surface area (Å²) in [6, 6.07) is 8.35. The Morgan fingerprint density at radius 1 is 1.07 bits per heavy atom. The van der Waals surface area contributed by atoms with E-state index in [1.165, 1.54) is 13.0 Å². The van der Waals surface area contributed by atoms with Crippen molar-refractivity contribution in [3.63, 3.8) is 0 Å². The van der Waals surface area contributed by atoms with Crippen LogP contribution in [0.15, 0.2) is 35.1 Å². The van der Waals surface area contributed by atoms with Crippen LogP contribution in [-0.2, 0) is 11.2 Å². The number of hydrogen-bond acceptors (Lipinski definition) is 5. The van der Waals surface area contributed by atoms with Crippen LogP contribution in [0.1, 0.15) is 30.5 Å². The van der Waals surface area contributed by atoms with E-state index in [4.69, 9.17) is 14.2 Å². The van der Waals surface area contributed by atoms with Crippen LogP contribution in [0.2, 0.25) is 0 Å². The molecule has 6 heteroatoms. The van der Waals surface area contributed by atoms with Gasteiger partial charge in [0.2, 0.25) is 11.7 Å². The highest BCUT2D eigenvalue weighted by molar-refractivity contribution is 5.83. The number of amides is 1. The first-order chi connectivity index (χ1) is 13.0. The SMILES string of the molecule is COc1cc2c(c(OC)c1OC)-c1cccc(=O)cc1[C@H](NC(C)=O)CC2. The maximum Gasteiger partial charge on any atom is 0.217 e. The van der Waals surface area contributed by atoms with Crippen molar-refractivity contribution in [2.45, 2.75) is 25.8 Å². The number of benzene rings is 1. The standard InChI is InChI=1S/C21H23NO5/c1-12(23)22-17-9-8-13-10-18(25-2)20(26-3)21(27-4)19(13)15-7-5-6-14(24)11-16(15)17/h5-7,10-11,17H,8-9H2,1-4H3,(H,22,23)/t17-/m1/s1. The lowest BCUT2D eigenvalue weighted by Gasteiger charge is -2.19. The van der Waals surface area contributed by atoms with Gasteiger partial charge in [0.25, 0.3) is 0 Å². The Balaban J connectivity index is 2.38. The van der Waals surface area contributed by atoms with Gasteiger partial charge < -0.3 is 19.5 Å². The van der Waals surface area contributed by atoms with Crippen LogP contribution in [0.5, 0.6) is 17.2 Å². The first-order valence-electron chi connectivity index (χ1n) is 8.73. The zero-order valence-corrected chi connectivity index (χ0v) is 15.9. The van der Waals surface area contributed by atoms with E-state index in [0.717, 1.165) is 22.3 Å². The quantitative estimate of drug-likeness (QED) is 0.897. The number of nitrogens with one attached hydrogen (secondary N) is 1. The van der Waals surface area contributed by atoms with E-state index in [1.807, 2.05) is 12.1 Å². The molecule has 1 aliphatic rings. The fraction of sp³-hybridized carbons (Fsp3) is 0.333. The molecule has 1 atom stereocenters. The van der Waals surface area contributed by atoms with Gasteiger partial charge in [0.15, 0.2) is 16.9 Å². The predicted molar refractivity (Wildman–Crippen MR) is 103 cm³/mol. The second-order valence-electron chi connectivity index (χ2n) is 6.41. The number of aryl methyl sites for hydroxylation is 1. The molecule has 0 unspecified atom stereocenters. The predicted octanol–water partition coefficient (Wildman–Crippen LogP) is 2.86. The number of ether oxygens (including phenoxy) is 3. The van der Waals surface area contributed by atoms with Crippen LogP contribution in [0, 0.1) is 0 Å². The Bertz CT molecular complexity index is 938. The van der Waals surface area contributed by atoms with Crippen LogP contribution >= 0.6 is 0 Å². The minimum absolute atomic E-state index is 0.116. The fourth-order valence-corrected chi connectivity index (χ4v) is 3.68. The van der Waals surface area contributed by atoms with Gasteiger partial charge >= 0.3 is 0 Å². The van der Waals surface area contributed by atoms with Gasteiger partial charge in [0, 0.05) is 12.5 Å². The van der Waals surface area contributed by atoms with Gasteiger partial charge in [-0.3, -0.25) is 9.59 Å². The Morgan fingerprint density at radius 2 is 1.81 bits per heavy atom. The summed E-state index contributed by atoms with van der Waals surface area (Å²) in [6.07, 6.45) is 1.34. The van der Waals surface area contributed by atoms with Crippen molar-refractivity contribution in [2.75, 3.05) is 21.3 Å². The van der Waals surface area contributed by atoms with Crippen LogP contribution in [0.25, 0.3) is 11.1 Å². The summed E-state index contributed by atoms with van der Waals surface area (Å²) in [5, 5.41) is 2.97. The van der Waals surface area contributed by atoms with Crippen molar-refractivity contribution < 1.29 is 19.0 Å². The minimum atomic E-state index is -0.272. The Morgan fingerprint density at radius 3 is 2.44 bits per heavy atom. The first-order valence-corrected chi connectivity index (χ1v) is 8.73. The molecular formula is C21H23NO5. The third-order valence-corrected chi connectivity index (χ3v) is 4.77. The molecule has 3 rings (SSSR count). The molecule has 2 aromatic rings. The summed E-state index contributed by atoms with van der Waals surface area (Å²) >= 11 is 0. The first kappa shape index (κ1) is 18.8. The maximum atomic E-state index is 12.2. The monoisotopic (exact) mass is 369 g/mol. The molecule has 2 aromatic carbocycles. The molecule has 0 spiro atoms. The van der Waals surface area contributed by atoms with E-state index in [-0.39, 0.29) is 17.4 Å². The second kappa shape index (κ2) is 7.70. The van der Waals surface area contributed by atoms with Gasteiger partial charge in [-0.15, -0.1) is 0 Å². The molecule has 0 bridgehead atoms. The van der Waals surface area contributed by atoms with Crippen LogP contribution in [-0.4, -0.2) is 27.2 Å². The van der Waals surface area contributed by atoms with Crippen LogP contribution < -0.4 is 25.0 Å². The topological polar surface area (TPSA) is 73.9 Å². The van der Waals surface area contributed by atoms with Gasteiger partial charge in [-0.1, -0.05) is 12.1 Å². The van der Waals surface area contributed by atoms with Gasteiger partial charge in [0.1, 0.15) is 0 Å². The molecule has 0 saturated carbocycles. The third-order valence-electron chi connectivity index (χ3n) is 4.77. The molecule has 0 heterocycles. The molecule has 142 valence electrons. The van der Waals surface area contributed by atoms with Crippen molar-refractivity contribution in [1.82, 2.24) is 5.32 Å². The van der Waals surface area contributed by atoms with E-state index >= 15 is 0 Å². The molecule has 27 heavy (non-hydrogen) atoms. The lowest BCUT2D eigenvalue weighted by atomic mass is 9.95. The van der Waals surface area contributed by atoms with Gasteiger partial charge in [-0.2, -0.15) is 0 Å². The zero-order valence-electron chi connectivity index (χ0n) is 15.9. The lowest BCUT2D eigenvalue weighted by Crippen LogP contribution is -2.26. The van der Waals surface area contributed by atoms with Crippen molar-refractivity contribution in [1.29, 1.82) is 0 Å². The fourth-order valence-electron chi connectivity index (χ4n) is 3.68. The zero-order chi connectivity index (χ0) is 19.6. The van der Waals surface area contributed by atoms with E-state index in [1.54, 1.807) is 33.5 Å². The molecular weight excluding hydrogens is 346 g/mol. The number of carbonyl (C=O) groups excluding carboxylic acids is 1. The number of rotatable bonds is 4. The summed E-state index contributed by atoms with van der Waals surface area (Å²) in [5.41, 5.74) is 3.35. The molecule has 0 radical (unpaired) electrons. The van der Waals surface area contributed by atoms with Gasteiger partial charge in [-0.25, -0.2) is 0 Å². The molecule has 6 nitrogen and oxygen atoms in total. The molecule has 0 fully saturated rings. The summed E-state index contributed by atoms with van der Waals surface area (Å²) in [5.74, 6) is 1.49. The number of fused-ring (bicyclic) bond motifs is 3. The molecule has 1 aliphatic carbocycles. The summed E-state index contributed by atoms with van der Waals surface area (Å²) in [6.45, 7) is 1.48. The summed E-state index contributed by atoms with van der Waals surface area (Å²) in [4.78, 5) is 23.9. The van der Waals surface area contributed by atoms with Crippen LogP contribution in [0.4, 0.5) is 0 Å².